The number of aromatic nitrogens is 1. The number of oxazole rings is 1. The van der Waals surface area contributed by atoms with Crippen LogP contribution in [0.3, 0.4) is 0 Å². The average Bonchev–Trinajstić information content (AvgIpc) is 3.04. The zero-order valence-corrected chi connectivity index (χ0v) is 13.6. The summed E-state index contributed by atoms with van der Waals surface area (Å²) in [6.45, 7) is 0. The topological polar surface area (TPSA) is 26.0 Å². The Labute approximate surface area is 145 Å². The van der Waals surface area contributed by atoms with E-state index in [9.17, 15) is 0 Å². The maximum Gasteiger partial charge on any atom is 0.220 e. The largest absolute Gasteiger partial charge is 0.437 e. The molecule has 3 aromatic carbocycles. The molecule has 0 saturated carbocycles. The molecule has 0 aliphatic rings. The molecule has 0 bridgehead atoms. The summed E-state index contributed by atoms with van der Waals surface area (Å²) >= 11 is 5.89. The summed E-state index contributed by atoms with van der Waals surface area (Å²) in [5, 5.41) is 0.724. The van der Waals surface area contributed by atoms with E-state index < -0.39 is 0 Å². The average molecular weight is 332 g/mol. The van der Waals surface area contributed by atoms with E-state index in [4.69, 9.17) is 16.0 Å². The Morgan fingerprint density at radius 1 is 0.792 bits per heavy atom. The highest BCUT2D eigenvalue weighted by Crippen LogP contribution is 2.25. The molecule has 0 fully saturated rings. The van der Waals surface area contributed by atoms with Gasteiger partial charge in [-0.15, -0.1) is 0 Å². The zero-order chi connectivity index (χ0) is 16.4. The van der Waals surface area contributed by atoms with Gasteiger partial charge in [-0.3, -0.25) is 0 Å². The molecule has 4 aromatic rings. The Morgan fingerprint density at radius 3 is 2.38 bits per heavy atom. The van der Waals surface area contributed by atoms with Crippen molar-refractivity contribution < 1.29 is 4.42 Å². The summed E-state index contributed by atoms with van der Waals surface area (Å²) in [7, 11) is 0. The second kappa shape index (κ2) is 6.34. The van der Waals surface area contributed by atoms with Gasteiger partial charge in [0.25, 0.3) is 0 Å². The minimum atomic E-state index is 0.588. The Kier molecular flexibility index (Phi) is 3.89. The third-order valence-electron chi connectivity index (χ3n) is 3.80. The number of hydrogen-bond acceptors (Lipinski definition) is 2. The van der Waals surface area contributed by atoms with Crippen molar-refractivity contribution in [3.8, 4) is 11.1 Å². The quantitative estimate of drug-likeness (QED) is 0.439. The fourth-order valence-electron chi connectivity index (χ4n) is 2.57. The lowest BCUT2D eigenvalue weighted by molar-refractivity contribution is 0.590. The van der Waals surface area contributed by atoms with E-state index in [-0.39, 0.29) is 0 Å². The molecule has 0 atom stereocenters. The molecular formula is C21H14ClNO. The molecule has 0 N–H and O–H groups in total. The first-order chi connectivity index (χ1) is 11.8. The van der Waals surface area contributed by atoms with Gasteiger partial charge in [0.2, 0.25) is 5.89 Å². The minimum Gasteiger partial charge on any atom is -0.437 e. The minimum absolute atomic E-state index is 0.588. The number of hydrogen-bond donors (Lipinski definition) is 0. The monoisotopic (exact) mass is 331 g/mol. The smallest absolute Gasteiger partial charge is 0.220 e. The molecule has 116 valence electrons. The van der Waals surface area contributed by atoms with Crippen molar-refractivity contribution in [3.63, 3.8) is 0 Å². The second-order valence-electron chi connectivity index (χ2n) is 5.49. The summed E-state index contributed by atoms with van der Waals surface area (Å²) in [6, 6.07) is 23.9. The van der Waals surface area contributed by atoms with E-state index in [0.717, 1.165) is 27.2 Å². The summed E-state index contributed by atoms with van der Waals surface area (Å²) in [5.41, 5.74) is 4.98. The van der Waals surface area contributed by atoms with Gasteiger partial charge in [0.1, 0.15) is 5.52 Å². The van der Waals surface area contributed by atoms with Gasteiger partial charge < -0.3 is 4.42 Å². The number of fused-ring (bicyclic) bond motifs is 1. The predicted octanol–water partition coefficient (Wildman–Crippen LogP) is 6.32. The Hall–Kier alpha value is -2.84. The number of rotatable bonds is 3. The molecule has 0 unspecified atom stereocenters. The van der Waals surface area contributed by atoms with Crippen molar-refractivity contribution in [1.82, 2.24) is 4.98 Å². The molecular weight excluding hydrogens is 318 g/mol. The van der Waals surface area contributed by atoms with Crippen molar-refractivity contribution in [1.29, 1.82) is 0 Å². The molecule has 0 saturated heterocycles. The third-order valence-corrected chi connectivity index (χ3v) is 4.05. The van der Waals surface area contributed by atoms with Crippen LogP contribution in [0, 0.1) is 0 Å². The van der Waals surface area contributed by atoms with Crippen LogP contribution in [-0.4, -0.2) is 4.98 Å². The summed E-state index contributed by atoms with van der Waals surface area (Å²) in [5.74, 6) is 0.588. The lowest BCUT2D eigenvalue weighted by atomic mass is 10.1. The molecule has 4 rings (SSSR count). The Morgan fingerprint density at radius 2 is 1.58 bits per heavy atom. The zero-order valence-electron chi connectivity index (χ0n) is 12.8. The Bertz CT molecular complexity index is 1000. The molecule has 2 nitrogen and oxygen atoms in total. The number of nitrogens with zero attached hydrogens (tertiary/aromatic N) is 1. The first kappa shape index (κ1) is 14.7. The van der Waals surface area contributed by atoms with Crippen molar-refractivity contribution in [2.75, 3.05) is 0 Å². The fraction of sp³-hybridized carbons (Fsp3) is 0. The summed E-state index contributed by atoms with van der Waals surface area (Å²) in [6.07, 6.45) is 3.82. The van der Waals surface area contributed by atoms with Crippen LogP contribution < -0.4 is 0 Å². The van der Waals surface area contributed by atoms with E-state index in [2.05, 4.69) is 23.2 Å². The van der Waals surface area contributed by atoms with Crippen LogP contribution in [0.5, 0.6) is 0 Å². The van der Waals surface area contributed by atoms with Gasteiger partial charge in [-0.25, -0.2) is 4.98 Å². The first-order valence-electron chi connectivity index (χ1n) is 7.68. The van der Waals surface area contributed by atoms with Crippen LogP contribution in [-0.2, 0) is 0 Å². The molecule has 3 heteroatoms. The highest BCUT2D eigenvalue weighted by atomic mass is 35.5. The van der Waals surface area contributed by atoms with Crippen LogP contribution >= 0.6 is 11.6 Å². The molecule has 0 amide bonds. The van der Waals surface area contributed by atoms with Gasteiger partial charge in [-0.1, -0.05) is 60.1 Å². The Balaban J connectivity index is 1.64. The summed E-state index contributed by atoms with van der Waals surface area (Å²) in [4.78, 5) is 4.55. The van der Waals surface area contributed by atoms with Crippen LogP contribution in [0.1, 0.15) is 11.5 Å². The van der Waals surface area contributed by atoms with Crippen LogP contribution in [0.15, 0.2) is 77.2 Å². The maximum atomic E-state index is 5.89. The second-order valence-corrected chi connectivity index (χ2v) is 5.92. The van der Waals surface area contributed by atoms with Crippen LogP contribution in [0.2, 0.25) is 5.02 Å². The van der Waals surface area contributed by atoms with E-state index in [0.29, 0.717) is 5.89 Å². The molecule has 1 aromatic heterocycles. The van der Waals surface area contributed by atoms with Crippen LogP contribution in [0.25, 0.3) is 34.4 Å². The molecule has 24 heavy (non-hydrogen) atoms. The van der Waals surface area contributed by atoms with Gasteiger partial charge in [-0.2, -0.15) is 0 Å². The van der Waals surface area contributed by atoms with E-state index in [1.807, 2.05) is 66.7 Å². The third kappa shape index (κ3) is 3.10. The molecule has 0 radical (unpaired) electrons. The van der Waals surface area contributed by atoms with Crippen molar-refractivity contribution in [2.24, 2.45) is 0 Å². The van der Waals surface area contributed by atoms with Crippen molar-refractivity contribution in [2.45, 2.75) is 0 Å². The standard InChI is InChI=1S/C21H14ClNO/c22-18-10-6-15(7-11-18)8-13-21-23-19-14-17(9-12-20(19)24-21)16-4-2-1-3-5-16/h1-14H. The molecule has 0 aliphatic carbocycles. The number of benzene rings is 3. The lowest BCUT2D eigenvalue weighted by Gasteiger charge is -1.99. The molecule has 1 heterocycles. The van der Waals surface area contributed by atoms with E-state index in [1.54, 1.807) is 0 Å². The normalized spacial score (nSPS) is 11.4. The van der Waals surface area contributed by atoms with Gasteiger partial charge in [0.15, 0.2) is 5.58 Å². The lowest BCUT2D eigenvalue weighted by Crippen LogP contribution is -1.77. The predicted molar refractivity (Wildman–Crippen MR) is 99.8 cm³/mol. The highest BCUT2D eigenvalue weighted by molar-refractivity contribution is 6.30. The number of halogens is 1. The van der Waals surface area contributed by atoms with E-state index >= 15 is 0 Å². The molecule has 0 aliphatic heterocycles. The van der Waals surface area contributed by atoms with E-state index in [1.165, 1.54) is 5.56 Å². The van der Waals surface area contributed by atoms with Crippen molar-refractivity contribution in [3.05, 3.63) is 89.3 Å². The van der Waals surface area contributed by atoms with Gasteiger partial charge in [0, 0.05) is 11.1 Å². The van der Waals surface area contributed by atoms with Gasteiger partial charge in [-0.05, 0) is 47.0 Å². The fourth-order valence-corrected chi connectivity index (χ4v) is 2.69. The molecule has 0 spiro atoms. The first-order valence-corrected chi connectivity index (χ1v) is 8.05. The highest BCUT2D eigenvalue weighted by Gasteiger charge is 2.05. The van der Waals surface area contributed by atoms with Gasteiger partial charge in [0.05, 0.1) is 0 Å². The van der Waals surface area contributed by atoms with Gasteiger partial charge >= 0.3 is 0 Å². The van der Waals surface area contributed by atoms with Crippen LogP contribution in [0.4, 0.5) is 0 Å². The van der Waals surface area contributed by atoms with Crippen molar-refractivity contribution >= 4 is 34.9 Å². The summed E-state index contributed by atoms with van der Waals surface area (Å²) < 4.78 is 5.78. The SMILES string of the molecule is Clc1ccc(C=Cc2nc3cc(-c4ccccc4)ccc3o2)cc1. The maximum absolute atomic E-state index is 5.89.